The molecular formula is C90H119F6N13O14. The fourth-order valence-electron chi connectivity index (χ4n) is 13.2. The highest BCUT2D eigenvalue weighted by Gasteiger charge is 2.42. The Labute approximate surface area is 715 Å². The van der Waals surface area contributed by atoms with E-state index in [1.807, 2.05) is 109 Å². The van der Waals surface area contributed by atoms with Gasteiger partial charge in [-0.3, -0.25) is 24.0 Å². The zero-order chi connectivity index (χ0) is 91.9. The molecule has 3 aromatic heterocycles. The predicted octanol–water partition coefficient (Wildman–Crippen LogP) is 16.3. The summed E-state index contributed by atoms with van der Waals surface area (Å²) < 4.78 is 116. The first-order valence-corrected chi connectivity index (χ1v) is 40.3. The van der Waals surface area contributed by atoms with Crippen LogP contribution in [0.15, 0.2) is 128 Å². The number of nitrogen functional groups attached to an aromatic ring is 1. The van der Waals surface area contributed by atoms with Crippen LogP contribution in [0.5, 0.6) is 0 Å². The van der Waals surface area contributed by atoms with Crippen molar-refractivity contribution in [3.63, 3.8) is 0 Å². The lowest BCUT2D eigenvalue weighted by atomic mass is 9.84. The number of aliphatic hydroxyl groups is 1. The lowest BCUT2D eigenvalue weighted by molar-refractivity contribution is -0.152. The Bertz CT molecular complexity index is 4900. The third kappa shape index (κ3) is 32.2. The van der Waals surface area contributed by atoms with Crippen LogP contribution >= 0.6 is 0 Å². The number of carbonyl (C=O) groups is 8. The minimum atomic E-state index is -0.743. The highest BCUT2D eigenvalue weighted by Crippen LogP contribution is 2.43. The lowest BCUT2D eigenvalue weighted by Gasteiger charge is -2.40. The number of nitrogens with zero attached hydrogens (tertiary/aromatic N) is 8. The molecule has 670 valence electrons. The quantitative estimate of drug-likeness (QED) is 0.00801. The molecule has 33 heteroatoms. The Morgan fingerprint density at radius 1 is 0.463 bits per heavy atom. The number of H-pyrrole nitrogens is 1. The van der Waals surface area contributed by atoms with Crippen LogP contribution in [0.4, 0.5) is 46.4 Å². The third-order valence-electron chi connectivity index (χ3n) is 18.1. The lowest BCUT2D eigenvalue weighted by Crippen LogP contribution is -2.45. The Morgan fingerprint density at radius 3 is 1.19 bits per heavy atom. The van der Waals surface area contributed by atoms with Gasteiger partial charge in [0, 0.05) is 101 Å². The van der Waals surface area contributed by atoms with Crippen molar-refractivity contribution < 1.29 is 93.5 Å². The maximum absolute atomic E-state index is 14.9. The second-order valence-electron chi connectivity index (χ2n) is 35.6. The summed E-state index contributed by atoms with van der Waals surface area (Å²) in [5.74, 6) is -5.19. The van der Waals surface area contributed by atoms with Crippen LogP contribution in [-0.2, 0) is 60.7 Å². The molecule has 3 heterocycles. The zero-order valence-corrected chi connectivity index (χ0v) is 73.9. The molecule has 8 aromatic rings. The number of carbonyl (C=O) groups excluding carboxylic acids is 8. The van der Waals surface area contributed by atoms with Crippen LogP contribution in [0.3, 0.4) is 0 Å². The molecule has 0 bridgehead atoms. The molecule has 0 unspecified atom stereocenters. The summed E-state index contributed by atoms with van der Waals surface area (Å²) in [5, 5.41) is 17.9. The van der Waals surface area contributed by atoms with Gasteiger partial charge in [-0.05, 0) is 176 Å². The molecule has 8 rings (SSSR count). The molecule has 123 heavy (non-hydrogen) atoms. The van der Waals surface area contributed by atoms with Gasteiger partial charge in [-0.2, -0.15) is 0 Å². The van der Waals surface area contributed by atoms with E-state index in [2.05, 4.69) is 25.9 Å². The number of halogens is 6. The minimum absolute atomic E-state index is 0.00533. The summed E-state index contributed by atoms with van der Waals surface area (Å²) in [5.41, 5.74) is 5.21. The number of anilines is 1. The summed E-state index contributed by atoms with van der Waals surface area (Å²) in [4.78, 5) is 121. The molecule has 6 amide bonds. The van der Waals surface area contributed by atoms with Crippen molar-refractivity contribution in [1.82, 2.24) is 59.7 Å². The minimum Gasteiger partial charge on any atom is -0.456 e. The van der Waals surface area contributed by atoms with Gasteiger partial charge in [-0.25, -0.2) is 55.7 Å². The van der Waals surface area contributed by atoms with E-state index in [0.29, 0.717) is 49.0 Å². The van der Waals surface area contributed by atoms with Gasteiger partial charge in [-0.15, -0.1) is 0 Å². The van der Waals surface area contributed by atoms with Crippen molar-refractivity contribution >= 4 is 53.6 Å². The number of hydrogen-bond acceptors (Lipinski definition) is 18. The van der Waals surface area contributed by atoms with Gasteiger partial charge in [0.1, 0.15) is 75.8 Å². The largest absolute Gasteiger partial charge is 0.456 e. The number of hydrogen-bond donors (Lipinski definition) is 6. The van der Waals surface area contributed by atoms with Gasteiger partial charge in [0.05, 0.1) is 41.4 Å². The molecule has 7 N–H and O–H groups in total. The van der Waals surface area contributed by atoms with Crippen molar-refractivity contribution in [2.24, 2.45) is 16.2 Å². The third-order valence-corrected chi connectivity index (χ3v) is 18.1. The van der Waals surface area contributed by atoms with E-state index in [9.17, 15) is 69.8 Å². The Hall–Kier alpha value is -11.8. The van der Waals surface area contributed by atoms with Crippen LogP contribution in [-0.4, -0.2) is 173 Å². The summed E-state index contributed by atoms with van der Waals surface area (Å²) >= 11 is 0. The number of nitrogens with two attached hydrogens (primary N) is 1. The highest BCUT2D eigenvalue weighted by molar-refractivity contribution is 5.82. The van der Waals surface area contributed by atoms with Crippen molar-refractivity contribution in [3.8, 4) is 33.8 Å². The van der Waals surface area contributed by atoms with Gasteiger partial charge in [-0.1, -0.05) is 105 Å². The molecule has 27 nitrogen and oxygen atoms in total. The molecule has 0 fully saturated rings. The van der Waals surface area contributed by atoms with Gasteiger partial charge < -0.3 is 79.3 Å². The molecule has 0 spiro atoms. The standard InChI is InChI=1S/C33H42F2N4O5.C31H41F2N5O4.C26H36F2N4O5/c1-22(40)43-21-28(41)39(17-11-16-36-31(42)44-33(5,6)7)29(32(2,3)4)30-37-27(25-18-24(34)14-15-26(25)35)20-38(30)19-23-12-9-8-10-13-23;1-30(2,3)27(38(26(40)19-39)14-8-13-35-29(41)42-31(4,5)6)28-36-25(23-16-21(32)11-12-24(23)33)18-37(28)17-20-9-7-10-22(34)15-20;1-16(33)36-15-21(34)32(12-8-11-29-24(35)37-26(5,6)7)22(25(2,3)4)23-30-14-20(31-23)18-13-17(27)9-10-19(18)28/h8-10,12-15,18,20,29H,11,16-17,19,21H2,1-7H3,(H,36,42);7,9-12,15-16,18,27,39H,8,13-14,17,19,34H2,1-6H3,(H,35,41);9-10,13-14,22H,8,11-12,15H2,1-7H3,(H,29,35)(H,30,31)/t29-;27-;22-/m000/s1. The maximum atomic E-state index is 14.9. The van der Waals surface area contributed by atoms with E-state index in [1.165, 1.54) is 29.8 Å². The monoisotopic (exact) mass is 1720 g/mol. The SMILES string of the molecule is CC(=O)OCC(=O)N(CCCNC(=O)OC(C)(C)C)[C@@H](c1nc(-c2cc(F)ccc2F)cn1Cc1ccccc1)C(C)(C)C.CC(=O)OCC(=O)N(CCCNC(=O)OC(C)(C)C)[C@@H](c1ncc(-c2cc(F)ccc2F)[nH]1)C(C)(C)C.CC(C)(C)OC(=O)NCCCN(C(=O)CO)[C@@H](c1nc(-c2cc(F)ccc2F)cn1Cc1cccc(N)c1)C(C)(C)C. The molecule has 0 aliphatic rings. The smallest absolute Gasteiger partial charge is 0.407 e. The first-order valence-electron chi connectivity index (χ1n) is 40.3. The molecule has 5 aromatic carbocycles. The molecular weight excluding hydrogens is 1600 g/mol. The average Bonchev–Trinajstić information content (AvgIpc) is 1.65. The topological polar surface area (TPSA) is 339 Å². The number of aliphatic hydroxyl groups excluding tert-OH is 1. The summed E-state index contributed by atoms with van der Waals surface area (Å²) in [6.07, 6.45) is 4.00. The van der Waals surface area contributed by atoms with Crippen molar-refractivity contribution in [2.75, 3.05) is 64.8 Å². The van der Waals surface area contributed by atoms with Crippen molar-refractivity contribution in [3.05, 3.63) is 191 Å². The van der Waals surface area contributed by atoms with Gasteiger partial charge >= 0.3 is 30.2 Å². The molecule has 0 aliphatic carbocycles. The van der Waals surface area contributed by atoms with E-state index < -0.39 is 154 Å². The maximum Gasteiger partial charge on any atom is 0.407 e. The molecule has 3 atom stereocenters. The van der Waals surface area contributed by atoms with E-state index in [1.54, 1.807) is 96.3 Å². The number of aromatic amines is 1. The number of imidazole rings is 3. The number of amides is 6. The fraction of sp³-hybridized carbons (Fsp3) is 0.478. The number of alkyl carbamates (subject to hydrolysis) is 3. The first-order chi connectivity index (χ1) is 57.2. The number of nitrogens with one attached hydrogen (secondary N) is 4. The molecule has 0 aliphatic heterocycles. The van der Waals surface area contributed by atoms with Crippen LogP contribution in [0.2, 0.25) is 0 Å². The van der Waals surface area contributed by atoms with E-state index in [4.69, 9.17) is 39.4 Å². The van der Waals surface area contributed by atoms with Crippen LogP contribution in [0, 0.1) is 51.1 Å². The van der Waals surface area contributed by atoms with E-state index in [0.717, 1.165) is 65.7 Å². The second kappa shape index (κ2) is 43.8. The first kappa shape index (κ1) is 100. The van der Waals surface area contributed by atoms with Crippen molar-refractivity contribution in [1.29, 1.82) is 0 Å². The zero-order valence-electron chi connectivity index (χ0n) is 73.9. The molecule has 0 saturated carbocycles. The molecule has 0 radical (unpaired) electrons. The average molecular weight is 1720 g/mol. The Balaban J connectivity index is 0.000000287. The number of rotatable bonds is 30. The van der Waals surface area contributed by atoms with Gasteiger partial charge in [0.2, 0.25) is 5.91 Å². The fourth-order valence-corrected chi connectivity index (χ4v) is 13.2. The van der Waals surface area contributed by atoms with E-state index in [-0.39, 0.29) is 79.6 Å². The summed E-state index contributed by atoms with van der Waals surface area (Å²) in [7, 11) is 0. The number of benzene rings is 5. The normalized spacial score (nSPS) is 12.5. The van der Waals surface area contributed by atoms with Crippen LogP contribution in [0.25, 0.3) is 33.8 Å². The summed E-state index contributed by atoms with van der Waals surface area (Å²) in [6, 6.07) is 24.2. The number of aromatic nitrogens is 6. The Kier molecular flexibility index (Phi) is 35.6. The molecule has 0 saturated heterocycles. The Morgan fingerprint density at radius 2 is 0.821 bits per heavy atom. The predicted molar refractivity (Wildman–Crippen MR) is 453 cm³/mol. The number of esters is 2. The highest BCUT2D eigenvalue weighted by atomic mass is 19.1. The number of ether oxygens (including phenoxy) is 5. The van der Waals surface area contributed by atoms with Crippen LogP contribution in [0.1, 0.15) is 204 Å². The van der Waals surface area contributed by atoms with Crippen molar-refractivity contribution in [2.45, 2.75) is 206 Å². The van der Waals surface area contributed by atoms with Gasteiger partial charge in [0.25, 0.3) is 11.8 Å². The van der Waals surface area contributed by atoms with Crippen LogP contribution < -0.4 is 21.7 Å². The second-order valence-corrected chi connectivity index (χ2v) is 35.6. The summed E-state index contributed by atoms with van der Waals surface area (Å²) in [6.45, 7) is 35.6. The van der Waals surface area contributed by atoms with Gasteiger partial charge in [0.15, 0.2) is 13.2 Å². The van der Waals surface area contributed by atoms with E-state index >= 15 is 0 Å².